The first-order chi connectivity index (χ1) is 28.6. The van der Waals surface area contributed by atoms with E-state index in [4.69, 9.17) is 24.8 Å². The van der Waals surface area contributed by atoms with Crippen molar-refractivity contribution in [1.29, 1.82) is 0 Å². The summed E-state index contributed by atoms with van der Waals surface area (Å²) >= 11 is 0. The Balaban J connectivity index is 4.23. The van der Waals surface area contributed by atoms with Gasteiger partial charge in [0, 0.05) is 12.8 Å². The number of ether oxygens (including phenoxy) is 2. The first kappa shape index (κ1) is 57.5. The topological polar surface area (TPSA) is 172 Å². The molecule has 11 nitrogen and oxygen atoms in total. The fourth-order valence-electron chi connectivity index (χ4n) is 7.24. The first-order valence-corrected chi connectivity index (χ1v) is 26.1. The van der Waals surface area contributed by atoms with Crippen LogP contribution in [0.3, 0.4) is 0 Å². The zero-order valence-corrected chi connectivity index (χ0v) is 39.0. The molecule has 0 spiro atoms. The smallest absolute Gasteiger partial charge is 0.472 e. The van der Waals surface area contributed by atoms with Crippen LogP contribution in [0.4, 0.5) is 0 Å². The molecule has 0 aromatic rings. The molecule has 4 N–H and O–H groups in total. The van der Waals surface area contributed by atoms with Crippen LogP contribution in [0.1, 0.15) is 251 Å². The van der Waals surface area contributed by atoms with Crippen LogP contribution >= 0.6 is 7.82 Å². The van der Waals surface area contributed by atoms with Crippen molar-refractivity contribution in [2.24, 2.45) is 5.73 Å². The molecule has 0 saturated carbocycles. The van der Waals surface area contributed by atoms with E-state index in [-0.39, 0.29) is 19.4 Å². The highest BCUT2D eigenvalue weighted by molar-refractivity contribution is 7.47. The van der Waals surface area contributed by atoms with Gasteiger partial charge in [-0.15, -0.1) is 0 Å². The van der Waals surface area contributed by atoms with E-state index < -0.39 is 51.1 Å². The van der Waals surface area contributed by atoms with E-state index in [1.54, 1.807) is 0 Å². The van der Waals surface area contributed by atoms with Gasteiger partial charge in [-0.25, -0.2) is 4.57 Å². The maximum absolute atomic E-state index is 12.7. The normalized spacial score (nSPS) is 13.6. The van der Waals surface area contributed by atoms with Crippen molar-refractivity contribution in [3.63, 3.8) is 0 Å². The third-order valence-corrected chi connectivity index (χ3v) is 12.1. The average Bonchev–Trinajstić information content (AvgIpc) is 3.21. The lowest BCUT2D eigenvalue weighted by atomic mass is 10.0. The number of hydrogen-bond donors (Lipinski definition) is 3. The number of aliphatic carboxylic acids is 1. The fraction of sp³-hybridized carbons (Fsp3) is 0.936. The third kappa shape index (κ3) is 42.9. The SMILES string of the molecule is CCCCCCCCCCCCCCCCCCCCC(=O)O[C@H](COC(=O)CCCCCCCCCCCCCCCCCCC)COP(=O)(O)OC[C@H](N)C(=O)O. The van der Waals surface area contributed by atoms with Crippen LogP contribution in [-0.2, 0) is 37.5 Å². The molecule has 59 heavy (non-hydrogen) atoms. The number of phosphoric acid groups is 1. The number of hydrogen-bond acceptors (Lipinski definition) is 9. The van der Waals surface area contributed by atoms with Gasteiger partial charge in [0.25, 0.3) is 0 Å². The van der Waals surface area contributed by atoms with Crippen molar-refractivity contribution in [3.05, 3.63) is 0 Å². The molecule has 12 heteroatoms. The zero-order chi connectivity index (χ0) is 43.5. The van der Waals surface area contributed by atoms with E-state index in [1.165, 1.54) is 173 Å². The van der Waals surface area contributed by atoms with Crippen molar-refractivity contribution in [1.82, 2.24) is 0 Å². The number of nitrogens with two attached hydrogens (primary N) is 1. The van der Waals surface area contributed by atoms with Crippen LogP contribution < -0.4 is 5.73 Å². The Labute approximate surface area is 361 Å². The third-order valence-electron chi connectivity index (χ3n) is 11.1. The fourth-order valence-corrected chi connectivity index (χ4v) is 8.02. The Morgan fingerprint density at radius 2 is 0.746 bits per heavy atom. The largest absolute Gasteiger partial charge is 0.480 e. The van der Waals surface area contributed by atoms with E-state index in [2.05, 4.69) is 18.4 Å². The molecule has 350 valence electrons. The number of unbranched alkanes of at least 4 members (excludes halogenated alkanes) is 33. The van der Waals surface area contributed by atoms with Gasteiger partial charge in [-0.2, -0.15) is 0 Å². The Morgan fingerprint density at radius 1 is 0.458 bits per heavy atom. The highest BCUT2D eigenvalue weighted by Crippen LogP contribution is 2.43. The Morgan fingerprint density at radius 3 is 1.07 bits per heavy atom. The number of esters is 2. The van der Waals surface area contributed by atoms with Crippen molar-refractivity contribution in [2.45, 2.75) is 264 Å². The molecule has 0 aliphatic heterocycles. The quantitative estimate of drug-likeness (QED) is 0.0302. The molecule has 0 aromatic heterocycles. The Bertz CT molecular complexity index is 1020. The van der Waals surface area contributed by atoms with Gasteiger partial charge >= 0.3 is 25.7 Å². The minimum Gasteiger partial charge on any atom is -0.480 e. The van der Waals surface area contributed by atoms with Gasteiger partial charge in [0.2, 0.25) is 0 Å². The van der Waals surface area contributed by atoms with Gasteiger partial charge in [0.1, 0.15) is 12.6 Å². The highest BCUT2D eigenvalue weighted by Gasteiger charge is 2.28. The molecule has 0 saturated heterocycles. The summed E-state index contributed by atoms with van der Waals surface area (Å²) in [4.78, 5) is 46.1. The second-order valence-electron chi connectivity index (χ2n) is 17.0. The molecular formula is C47H92NO10P. The molecule has 0 aromatic carbocycles. The van der Waals surface area contributed by atoms with E-state index in [0.717, 1.165) is 38.5 Å². The van der Waals surface area contributed by atoms with Crippen molar-refractivity contribution in [2.75, 3.05) is 19.8 Å². The molecule has 3 atom stereocenters. The van der Waals surface area contributed by atoms with Gasteiger partial charge < -0.3 is 25.2 Å². The van der Waals surface area contributed by atoms with Crippen LogP contribution in [0.15, 0.2) is 0 Å². The lowest BCUT2D eigenvalue weighted by Crippen LogP contribution is -2.34. The second-order valence-corrected chi connectivity index (χ2v) is 18.4. The van der Waals surface area contributed by atoms with Crippen LogP contribution in [0.2, 0.25) is 0 Å². The monoisotopic (exact) mass is 862 g/mol. The molecular weight excluding hydrogens is 769 g/mol. The number of carboxylic acid groups (broad SMARTS) is 1. The summed E-state index contributed by atoms with van der Waals surface area (Å²) < 4.78 is 32.8. The molecule has 0 aliphatic carbocycles. The van der Waals surface area contributed by atoms with E-state index in [0.29, 0.717) is 12.8 Å². The summed E-state index contributed by atoms with van der Waals surface area (Å²) in [6, 6.07) is -1.52. The summed E-state index contributed by atoms with van der Waals surface area (Å²) in [6.45, 7) is 2.86. The predicted octanol–water partition coefficient (Wildman–Crippen LogP) is 13.5. The van der Waals surface area contributed by atoms with Gasteiger partial charge in [-0.3, -0.25) is 23.4 Å². The maximum Gasteiger partial charge on any atom is 0.472 e. The van der Waals surface area contributed by atoms with Crippen LogP contribution in [-0.4, -0.2) is 59.9 Å². The summed E-state index contributed by atoms with van der Waals surface area (Å²) in [5.41, 5.74) is 5.35. The van der Waals surface area contributed by atoms with Crippen molar-refractivity contribution in [3.8, 4) is 0 Å². The van der Waals surface area contributed by atoms with Crippen LogP contribution in [0.25, 0.3) is 0 Å². The Hall–Kier alpha value is -1.52. The van der Waals surface area contributed by atoms with Crippen LogP contribution in [0.5, 0.6) is 0 Å². The maximum atomic E-state index is 12.7. The van der Waals surface area contributed by atoms with Crippen LogP contribution in [0, 0.1) is 0 Å². The summed E-state index contributed by atoms with van der Waals surface area (Å²) in [6.07, 6.45) is 43.0. The standard InChI is InChI=1S/C47H92NO10P/c1-3-5-7-9-11-13-15-17-19-21-23-25-27-29-31-33-35-37-39-46(50)58-43(41-56-59(53,54)57-42-44(48)47(51)52)40-55-45(49)38-36-34-32-30-28-26-24-22-20-18-16-14-12-10-8-6-4-2/h43-44H,3-42,48H2,1-2H3,(H,51,52)(H,53,54)/t43-,44+/m1/s1. The lowest BCUT2D eigenvalue weighted by Gasteiger charge is -2.20. The molecule has 0 bridgehead atoms. The zero-order valence-electron chi connectivity index (χ0n) is 38.1. The van der Waals surface area contributed by atoms with E-state index in [1.807, 2.05) is 0 Å². The van der Waals surface area contributed by atoms with Crippen molar-refractivity contribution < 1.29 is 47.5 Å². The Kier molecular flexibility index (Phi) is 42.0. The van der Waals surface area contributed by atoms with Gasteiger partial charge in [0.15, 0.2) is 6.10 Å². The predicted molar refractivity (Wildman–Crippen MR) is 240 cm³/mol. The summed E-state index contributed by atoms with van der Waals surface area (Å²) in [5, 5.41) is 8.91. The number of phosphoric ester groups is 1. The molecule has 0 fully saturated rings. The minimum absolute atomic E-state index is 0.170. The van der Waals surface area contributed by atoms with Gasteiger partial charge in [-0.05, 0) is 12.8 Å². The summed E-state index contributed by atoms with van der Waals surface area (Å²) in [5.74, 6) is -2.35. The molecule has 0 aliphatic rings. The number of carbonyl (C=O) groups excluding carboxylic acids is 2. The summed E-state index contributed by atoms with van der Waals surface area (Å²) in [7, 11) is -4.71. The number of rotatable bonds is 47. The van der Waals surface area contributed by atoms with Crippen molar-refractivity contribution >= 4 is 25.7 Å². The molecule has 0 amide bonds. The molecule has 0 heterocycles. The number of carbonyl (C=O) groups is 3. The van der Waals surface area contributed by atoms with Gasteiger partial charge in [-0.1, -0.05) is 226 Å². The highest BCUT2D eigenvalue weighted by atomic mass is 31.2. The number of carboxylic acids is 1. The van der Waals surface area contributed by atoms with E-state index in [9.17, 15) is 23.8 Å². The van der Waals surface area contributed by atoms with E-state index >= 15 is 0 Å². The minimum atomic E-state index is -4.71. The molecule has 1 unspecified atom stereocenters. The molecule has 0 rings (SSSR count). The van der Waals surface area contributed by atoms with Gasteiger partial charge in [0.05, 0.1) is 13.2 Å². The second kappa shape index (κ2) is 43.1. The average molecular weight is 862 g/mol. The molecule has 0 radical (unpaired) electrons. The lowest BCUT2D eigenvalue weighted by molar-refractivity contribution is -0.161. The first-order valence-electron chi connectivity index (χ1n) is 24.6.